The van der Waals surface area contributed by atoms with E-state index in [-0.39, 0.29) is 49.2 Å². The molecule has 3 aliphatic rings. The van der Waals surface area contributed by atoms with Crippen LogP contribution in [-0.2, 0) is 38.1 Å². The number of methoxy groups -OCH3 is 2. The van der Waals surface area contributed by atoms with Crippen LogP contribution in [0, 0.1) is 0 Å². The van der Waals surface area contributed by atoms with Crippen LogP contribution in [0.25, 0.3) is 0 Å². The summed E-state index contributed by atoms with van der Waals surface area (Å²) in [6, 6.07) is 0. The molecule has 5 atom stereocenters. The van der Waals surface area contributed by atoms with Crippen LogP contribution in [0.4, 0.5) is 0 Å². The number of cyclic esters (lactones) is 1. The fraction of sp³-hybridized carbons (Fsp3) is 0.594. The van der Waals surface area contributed by atoms with Crippen molar-refractivity contribution in [3.8, 4) is 0 Å². The molecule has 0 aromatic heterocycles. The average Bonchev–Trinajstić information content (AvgIpc) is 2.91. The summed E-state index contributed by atoms with van der Waals surface area (Å²) in [5.74, 6) is -1.02. The Morgan fingerprint density at radius 3 is 2.50 bits per heavy atom. The van der Waals surface area contributed by atoms with Crippen LogP contribution >= 0.6 is 0 Å². The normalized spacial score (nSPS) is 30.7. The van der Waals surface area contributed by atoms with Crippen molar-refractivity contribution in [3.05, 3.63) is 59.8 Å². The molecular formula is C32H44O8. The monoisotopic (exact) mass is 556 g/mol. The quantitative estimate of drug-likeness (QED) is 0.137. The number of esters is 3. The van der Waals surface area contributed by atoms with Crippen molar-refractivity contribution in [2.24, 2.45) is 0 Å². The van der Waals surface area contributed by atoms with Crippen molar-refractivity contribution in [1.82, 2.24) is 0 Å². The lowest BCUT2D eigenvalue weighted by molar-refractivity contribution is -0.153. The molecule has 3 aliphatic heterocycles. The highest BCUT2D eigenvalue weighted by Gasteiger charge is 2.32. The van der Waals surface area contributed by atoms with E-state index in [1.165, 1.54) is 20.3 Å². The summed E-state index contributed by atoms with van der Waals surface area (Å²) in [7, 11) is 2.73. The van der Waals surface area contributed by atoms with Crippen LogP contribution in [-0.4, -0.2) is 62.6 Å². The molecule has 8 heteroatoms. The number of carbonyl (C=O) groups is 3. The summed E-state index contributed by atoms with van der Waals surface area (Å²) in [5.41, 5.74) is 1.81. The van der Waals surface area contributed by atoms with Gasteiger partial charge < -0.3 is 23.7 Å². The van der Waals surface area contributed by atoms with E-state index in [0.29, 0.717) is 19.3 Å². The molecule has 0 amide bonds. The summed E-state index contributed by atoms with van der Waals surface area (Å²) < 4.78 is 28.1. The summed E-state index contributed by atoms with van der Waals surface area (Å²) in [4.78, 5) is 36.3. The highest BCUT2D eigenvalue weighted by atomic mass is 16.6. The van der Waals surface area contributed by atoms with Gasteiger partial charge in [-0.05, 0) is 57.9 Å². The lowest BCUT2D eigenvalue weighted by Crippen LogP contribution is -2.37. The second-order valence-corrected chi connectivity index (χ2v) is 10.7. The summed E-state index contributed by atoms with van der Waals surface area (Å²) >= 11 is 0. The van der Waals surface area contributed by atoms with Crippen molar-refractivity contribution in [1.29, 1.82) is 0 Å². The molecule has 220 valence electrons. The number of hydrogen-bond donors (Lipinski definition) is 0. The number of hydrogen-bond acceptors (Lipinski definition) is 8. The first-order valence-electron chi connectivity index (χ1n) is 14.3. The highest BCUT2D eigenvalue weighted by molar-refractivity contribution is 5.82. The Kier molecular flexibility index (Phi) is 13.4. The van der Waals surface area contributed by atoms with E-state index in [1.807, 2.05) is 37.3 Å². The van der Waals surface area contributed by atoms with Crippen LogP contribution in [0.15, 0.2) is 59.8 Å². The molecule has 4 bridgehead atoms. The van der Waals surface area contributed by atoms with Gasteiger partial charge in [0.05, 0.1) is 51.5 Å². The predicted molar refractivity (Wildman–Crippen MR) is 151 cm³/mol. The zero-order chi connectivity index (χ0) is 28.7. The molecule has 0 N–H and O–H groups in total. The Labute approximate surface area is 238 Å². The fourth-order valence-electron chi connectivity index (χ4n) is 5.33. The molecule has 0 saturated carbocycles. The van der Waals surface area contributed by atoms with E-state index in [9.17, 15) is 14.4 Å². The number of allylic oxidation sites excluding steroid dienone is 5. The maximum atomic E-state index is 13.0. The Balaban J connectivity index is 1.71. The van der Waals surface area contributed by atoms with E-state index in [0.717, 1.165) is 49.7 Å². The average molecular weight is 557 g/mol. The third-order valence-electron chi connectivity index (χ3n) is 7.30. The summed E-state index contributed by atoms with van der Waals surface area (Å²) in [6.45, 7) is 1.86. The van der Waals surface area contributed by atoms with E-state index in [4.69, 9.17) is 18.9 Å². The lowest BCUT2D eigenvalue weighted by atomic mass is 9.90. The van der Waals surface area contributed by atoms with Gasteiger partial charge in [0.15, 0.2) is 0 Å². The van der Waals surface area contributed by atoms with Gasteiger partial charge in [-0.15, -0.1) is 0 Å². The number of fused-ring (bicyclic) bond motifs is 4. The molecule has 0 aromatic carbocycles. The Bertz CT molecular complexity index is 1000. The van der Waals surface area contributed by atoms with Gasteiger partial charge >= 0.3 is 17.9 Å². The lowest BCUT2D eigenvalue weighted by Gasteiger charge is -2.36. The zero-order valence-corrected chi connectivity index (χ0v) is 24.0. The van der Waals surface area contributed by atoms with Gasteiger partial charge in [0.25, 0.3) is 0 Å². The van der Waals surface area contributed by atoms with Crippen LogP contribution in [0.2, 0.25) is 0 Å². The first-order chi connectivity index (χ1) is 19.3. The third kappa shape index (κ3) is 11.6. The van der Waals surface area contributed by atoms with E-state index in [2.05, 4.69) is 16.9 Å². The minimum absolute atomic E-state index is 0.0997. The van der Waals surface area contributed by atoms with Gasteiger partial charge in [0.1, 0.15) is 6.10 Å². The SMILES string of the molecule is COC(=O)/C=C1/C[C@H]2CC(=O)O[C@@H](/C=C/C=C\C=C(/C)CC(=O)OC)C/C=C\CC[C@H]3CCC[C@@H](C[C@@H](C1)O2)O3. The van der Waals surface area contributed by atoms with E-state index in [1.54, 1.807) is 0 Å². The Morgan fingerprint density at radius 2 is 1.70 bits per heavy atom. The molecule has 2 saturated heterocycles. The first-order valence-corrected chi connectivity index (χ1v) is 14.3. The van der Waals surface area contributed by atoms with E-state index < -0.39 is 12.1 Å². The van der Waals surface area contributed by atoms with Crippen LogP contribution < -0.4 is 0 Å². The fourth-order valence-corrected chi connectivity index (χ4v) is 5.33. The van der Waals surface area contributed by atoms with Crippen LogP contribution in [0.5, 0.6) is 0 Å². The maximum absolute atomic E-state index is 13.0. The van der Waals surface area contributed by atoms with Gasteiger partial charge in [-0.1, -0.05) is 47.6 Å². The highest BCUT2D eigenvalue weighted by Crippen LogP contribution is 2.33. The number of ether oxygens (including phenoxy) is 5. The molecule has 3 rings (SSSR count). The summed E-state index contributed by atoms with van der Waals surface area (Å²) in [6.07, 6.45) is 22.2. The Morgan fingerprint density at radius 1 is 0.925 bits per heavy atom. The van der Waals surface area contributed by atoms with Gasteiger partial charge in [-0.2, -0.15) is 0 Å². The number of rotatable bonds is 6. The third-order valence-corrected chi connectivity index (χ3v) is 7.30. The van der Waals surface area contributed by atoms with Gasteiger partial charge in [0, 0.05) is 18.9 Å². The number of carbonyl (C=O) groups excluding carboxylic acids is 3. The second kappa shape index (κ2) is 17.0. The van der Waals surface area contributed by atoms with Gasteiger partial charge in [-0.25, -0.2) is 4.79 Å². The molecule has 2 fully saturated rings. The molecule has 3 heterocycles. The minimum Gasteiger partial charge on any atom is -0.469 e. The largest absolute Gasteiger partial charge is 0.469 e. The van der Waals surface area contributed by atoms with Crippen molar-refractivity contribution in [2.75, 3.05) is 14.2 Å². The van der Waals surface area contributed by atoms with Crippen LogP contribution in [0.1, 0.15) is 77.6 Å². The molecule has 0 aliphatic carbocycles. The van der Waals surface area contributed by atoms with Crippen molar-refractivity contribution >= 4 is 17.9 Å². The second-order valence-electron chi connectivity index (χ2n) is 10.7. The van der Waals surface area contributed by atoms with E-state index >= 15 is 0 Å². The molecule has 8 nitrogen and oxygen atoms in total. The van der Waals surface area contributed by atoms with Crippen molar-refractivity contribution in [3.63, 3.8) is 0 Å². The zero-order valence-electron chi connectivity index (χ0n) is 24.0. The molecule has 0 spiro atoms. The predicted octanol–water partition coefficient (Wildman–Crippen LogP) is 5.63. The molecule has 0 aromatic rings. The standard InChI is InChI=1S/C32H44O8/c1-23(17-30(33)36-2)11-6-4-7-13-26-14-9-5-8-12-25-15-10-16-27(38-25)21-28-18-24(20-31(34)37-3)19-29(39-28)22-32(35)40-26/h4-7,9,11,13,20,25-29H,8,10,12,14-19,21-22H2,1-3H3/b6-4-,9-5-,13-7+,23-11+,24-20+/t25-,26-,27-,28+,29-/m0/s1. The molecule has 0 unspecified atom stereocenters. The minimum atomic E-state index is -0.429. The molecule has 40 heavy (non-hydrogen) atoms. The first kappa shape index (κ1) is 31.6. The van der Waals surface area contributed by atoms with Crippen molar-refractivity contribution in [2.45, 2.75) is 108 Å². The molecule has 0 radical (unpaired) electrons. The van der Waals surface area contributed by atoms with Gasteiger partial charge in [0.2, 0.25) is 0 Å². The smallest absolute Gasteiger partial charge is 0.330 e. The molecular weight excluding hydrogens is 512 g/mol. The topological polar surface area (TPSA) is 97.4 Å². The maximum Gasteiger partial charge on any atom is 0.330 e. The van der Waals surface area contributed by atoms with Gasteiger partial charge in [-0.3, -0.25) is 9.59 Å². The van der Waals surface area contributed by atoms with Crippen LogP contribution in [0.3, 0.4) is 0 Å². The Hall–Kier alpha value is -2.97. The van der Waals surface area contributed by atoms with Crippen molar-refractivity contribution < 1.29 is 38.1 Å². The summed E-state index contributed by atoms with van der Waals surface area (Å²) in [5, 5.41) is 0.